The maximum absolute atomic E-state index is 12.0. The van der Waals surface area contributed by atoms with E-state index in [1.165, 1.54) is 6.33 Å². The molecule has 0 aliphatic rings. The molecule has 0 spiro atoms. The fraction of sp³-hybridized carbons (Fsp3) is 0.455. The van der Waals surface area contributed by atoms with Crippen molar-refractivity contribution in [2.45, 2.75) is 26.9 Å². The number of nitrogens with zero attached hydrogens (tertiary/aromatic N) is 5. The molecule has 2 aromatic rings. The Morgan fingerprint density at radius 1 is 1.50 bits per heavy atom. The van der Waals surface area contributed by atoms with Crippen LogP contribution in [-0.4, -0.2) is 42.8 Å². The third kappa shape index (κ3) is 2.73. The van der Waals surface area contributed by atoms with Gasteiger partial charge in [-0.3, -0.25) is 14.6 Å². The van der Waals surface area contributed by atoms with Gasteiger partial charge in [0.2, 0.25) is 5.91 Å². The molecule has 0 aliphatic carbocycles. The van der Waals surface area contributed by atoms with Crippen LogP contribution in [0.4, 0.5) is 0 Å². The van der Waals surface area contributed by atoms with Crippen molar-refractivity contribution < 1.29 is 4.79 Å². The number of amides is 1. The minimum absolute atomic E-state index is 0.0161. The van der Waals surface area contributed by atoms with Crippen LogP contribution < -0.4 is 0 Å². The molecule has 0 saturated heterocycles. The first-order chi connectivity index (χ1) is 8.56. The predicted molar refractivity (Wildman–Crippen MR) is 64.6 cm³/mol. The lowest BCUT2D eigenvalue weighted by Gasteiger charge is -2.15. The first kappa shape index (κ1) is 12.3. The summed E-state index contributed by atoms with van der Waals surface area (Å²) in [7, 11) is 1.73. The van der Waals surface area contributed by atoms with E-state index in [0.717, 1.165) is 11.4 Å². The summed E-state index contributed by atoms with van der Waals surface area (Å²) in [6.45, 7) is 4.50. The number of hydrogen-bond donors (Lipinski definition) is 1. The largest absolute Gasteiger partial charge is 0.337 e. The van der Waals surface area contributed by atoms with Gasteiger partial charge in [0, 0.05) is 12.7 Å². The van der Waals surface area contributed by atoms with Gasteiger partial charge in [0.15, 0.2) is 0 Å². The number of hydrogen-bond acceptors (Lipinski definition) is 4. The quantitative estimate of drug-likeness (QED) is 0.842. The molecule has 1 amide bonds. The summed E-state index contributed by atoms with van der Waals surface area (Å²) in [4.78, 5) is 17.6. The average Bonchev–Trinajstić information content (AvgIpc) is 2.89. The van der Waals surface area contributed by atoms with Crippen LogP contribution in [0.25, 0.3) is 0 Å². The lowest BCUT2D eigenvalue weighted by atomic mass is 10.4. The number of carbonyl (C=O) groups is 1. The smallest absolute Gasteiger partial charge is 0.244 e. The number of H-pyrrole nitrogens is 1. The molecule has 2 heterocycles. The Labute approximate surface area is 105 Å². The normalized spacial score (nSPS) is 10.6. The van der Waals surface area contributed by atoms with E-state index < -0.39 is 0 Å². The van der Waals surface area contributed by atoms with Crippen LogP contribution in [-0.2, 0) is 17.9 Å². The Morgan fingerprint density at radius 2 is 2.28 bits per heavy atom. The molecule has 18 heavy (non-hydrogen) atoms. The second-order valence-corrected chi connectivity index (χ2v) is 4.27. The molecule has 0 aliphatic heterocycles. The van der Waals surface area contributed by atoms with Crippen LogP contribution in [0.1, 0.15) is 17.2 Å². The Bertz CT molecular complexity index is 530. The Hall–Kier alpha value is -2.18. The molecule has 0 unspecified atom stereocenters. The summed E-state index contributed by atoms with van der Waals surface area (Å²) >= 11 is 0. The molecule has 96 valence electrons. The van der Waals surface area contributed by atoms with Crippen molar-refractivity contribution in [2.24, 2.45) is 0 Å². The molecular formula is C11H16N6O. The maximum Gasteiger partial charge on any atom is 0.244 e. The second-order valence-electron chi connectivity index (χ2n) is 4.27. The van der Waals surface area contributed by atoms with Gasteiger partial charge < -0.3 is 4.90 Å². The summed E-state index contributed by atoms with van der Waals surface area (Å²) in [5.74, 6) is 0.650. The zero-order valence-electron chi connectivity index (χ0n) is 10.7. The van der Waals surface area contributed by atoms with Crippen molar-refractivity contribution in [3.05, 3.63) is 29.6 Å². The highest BCUT2D eigenvalue weighted by molar-refractivity contribution is 5.75. The summed E-state index contributed by atoms with van der Waals surface area (Å²) in [5.41, 5.74) is 1.90. The first-order valence-corrected chi connectivity index (χ1v) is 5.65. The van der Waals surface area contributed by atoms with E-state index in [1.54, 1.807) is 16.6 Å². The van der Waals surface area contributed by atoms with Gasteiger partial charge in [-0.15, -0.1) is 0 Å². The maximum atomic E-state index is 12.0. The number of rotatable bonds is 4. The van der Waals surface area contributed by atoms with Gasteiger partial charge >= 0.3 is 0 Å². The van der Waals surface area contributed by atoms with E-state index in [1.807, 2.05) is 19.9 Å². The molecule has 1 N–H and O–H groups in total. The SMILES string of the molecule is Cc1cc(C)n(CC(=O)N(C)Cc2ncn[nH]2)n1. The Kier molecular flexibility index (Phi) is 3.40. The Balaban J connectivity index is 1.97. The van der Waals surface area contributed by atoms with Gasteiger partial charge in [-0.2, -0.15) is 10.2 Å². The van der Waals surface area contributed by atoms with Gasteiger partial charge in [-0.05, 0) is 19.9 Å². The van der Waals surface area contributed by atoms with Gasteiger partial charge in [0.1, 0.15) is 18.7 Å². The lowest BCUT2D eigenvalue weighted by molar-refractivity contribution is -0.131. The standard InChI is InChI=1S/C11H16N6O/c1-8-4-9(2)17(15-8)6-11(18)16(3)5-10-12-7-13-14-10/h4,7H,5-6H2,1-3H3,(H,12,13,14). The molecule has 2 aromatic heterocycles. The fourth-order valence-electron chi connectivity index (χ4n) is 1.70. The number of aryl methyl sites for hydroxylation is 2. The summed E-state index contributed by atoms with van der Waals surface area (Å²) in [6.07, 6.45) is 1.43. The van der Waals surface area contributed by atoms with Gasteiger partial charge in [0.25, 0.3) is 0 Å². The minimum atomic E-state index is -0.0161. The highest BCUT2D eigenvalue weighted by atomic mass is 16.2. The molecule has 7 nitrogen and oxygen atoms in total. The van der Waals surface area contributed by atoms with E-state index in [9.17, 15) is 4.79 Å². The third-order valence-electron chi connectivity index (χ3n) is 2.67. The van der Waals surface area contributed by atoms with E-state index in [2.05, 4.69) is 20.3 Å². The summed E-state index contributed by atoms with van der Waals surface area (Å²) < 4.78 is 1.70. The molecule has 0 radical (unpaired) electrons. The zero-order valence-corrected chi connectivity index (χ0v) is 10.7. The molecule has 0 bridgehead atoms. The van der Waals surface area contributed by atoms with E-state index in [0.29, 0.717) is 12.4 Å². The first-order valence-electron chi connectivity index (χ1n) is 5.65. The minimum Gasteiger partial charge on any atom is -0.337 e. The van der Waals surface area contributed by atoms with Crippen LogP contribution in [0, 0.1) is 13.8 Å². The van der Waals surface area contributed by atoms with Crippen LogP contribution in [0.5, 0.6) is 0 Å². The molecule has 0 aromatic carbocycles. The third-order valence-corrected chi connectivity index (χ3v) is 2.67. The number of aromatic amines is 1. The number of aromatic nitrogens is 5. The van der Waals surface area contributed by atoms with Crippen molar-refractivity contribution in [3.8, 4) is 0 Å². The molecule has 0 atom stereocenters. The topological polar surface area (TPSA) is 79.7 Å². The Morgan fingerprint density at radius 3 is 2.83 bits per heavy atom. The monoisotopic (exact) mass is 248 g/mol. The van der Waals surface area contributed by atoms with Crippen molar-refractivity contribution in [2.75, 3.05) is 7.05 Å². The highest BCUT2D eigenvalue weighted by Crippen LogP contribution is 2.03. The van der Waals surface area contributed by atoms with Crippen molar-refractivity contribution in [3.63, 3.8) is 0 Å². The van der Waals surface area contributed by atoms with E-state index in [-0.39, 0.29) is 12.5 Å². The van der Waals surface area contributed by atoms with Crippen LogP contribution in [0.2, 0.25) is 0 Å². The van der Waals surface area contributed by atoms with Crippen molar-refractivity contribution >= 4 is 5.91 Å². The number of carbonyl (C=O) groups excluding carboxylic acids is 1. The average molecular weight is 248 g/mol. The second kappa shape index (κ2) is 4.99. The zero-order chi connectivity index (χ0) is 13.1. The lowest BCUT2D eigenvalue weighted by Crippen LogP contribution is -2.30. The molecule has 0 fully saturated rings. The fourth-order valence-corrected chi connectivity index (χ4v) is 1.70. The number of likely N-dealkylation sites (N-methyl/N-ethyl adjacent to an activating group) is 1. The van der Waals surface area contributed by atoms with Crippen LogP contribution in [0.15, 0.2) is 12.4 Å². The summed E-state index contributed by atoms with van der Waals surface area (Å²) in [6, 6.07) is 1.95. The van der Waals surface area contributed by atoms with Crippen molar-refractivity contribution in [1.82, 2.24) is 29.9 Å². The molecule has 2 rings (SSSR count). The van der Waals surface area contributed by atoms with Gasteiger partial charge in [0.05, 0.1) is 12.2 Å². The van der Waals surface area contributed by atoms with E-state index in [4.69, 9.17) is 0 Å². The molecular weight excluding hydrogens is 232 g/mol. The predicted octanol–water partition coefficient (Wildman–Crippen LogP) is 0.277. The van der Waals surface area contributed by atoms with Crippen molar-refractivity contribution in [1.29, 1.82) is 0 Å². The highest BCUT2D eigenvalue weighted by Gasteiger charge is 2.13. The molecule has 7 heteroatoms. The van der Waals surface area contributed by atoms with Gasteiger partial charge in [-0.1, -0.05) is 0 Å². The van der Waals surface area contributed by atoms with Crippen LogP contribution in [0.3, 0.4) is 0 Å². The summed E-state index contributed by atoms with van der Waals surface area (Å²) in [5, 5.41) is 10.7. The van der Waals surface area contributed by atoms with Gasteiger partial charge in [-0.25, -0.2) is 4.98 Å². The molecule has 0 saturated carbocycles. The van der Waals surface area contributed by atoms with Crippen LogP contribution >= 0.6 is 0 Å². The van der Waals surface area contributed by atoms with E-state index >= 15 is 0 Å². The number of nitrogens with one attached hydrogen (secondary N) is 1.